The van der Waals surface area contributed by atoms with Crippen LogP contribution >= 0.6 is 11.6 Å². The van der Waals surface area contributed by atoms with Crippen molar-refractivity contribution in [2.24, 2.45) is 0 Å². The SMILES string of the molecule is FC(F)(F)Oc1cc(Cl)cc2c1C[C@H]1O[C@@H]21. The highest BCUT2D eigenvalue weighted by atomic mass is 35.5. The molecule has 1 aromatic carbocycles. The maximum Gasteiger partial charge on any atom is 0.573 e. The number of halogens is 4. The van der Waals surface area contributed by atoms with Crippen molar-refractivity contribution in [2.45, 2.75) is 25.0 Å². The third-order valence-electron chi connectivity index (χ3n) is 2.73. The van der Waals surface area contributed by atoms with E-state index in [-0.39, 0.29) is 23.0 Å². The van der Waals surface area contributed by atoms with Gasteiger partial charge >= 0.3 is 6.36 Å². The van der Waals surface area contributed by atoms with E-state index < -0.39 is 6.36 Å². The molecular formula is C10H6ClF3O2. The fourth-order valence-corrected chi connectivity index (χ4v) is 2.31. The molecule has 0 amide bonds. The lowest BCUT2D eigenvalue weighted by Crippen LogP contribution is -2.18. The Morgan fingerprint density at radius 2 is 2.12 bits per heavy atom. The smallest absolute Gasteiger partial charge is 0.405 e. The molecule has 0 saturated carbocycles. The lowest BCUT2D eigenvalue weighted by molar-refractivity contribution is -0.274. The Balaban J connectivity index is 2.02. The number of hydrogen-bond donors (Lipinski definition) is 0. The molecule has 0 radical (unpaired) electrons. The standard InChI is InChI=1S/C10H6ClF3O2/c11-4-1-6-5(3-8-9(6)15-8)7(2-4)16-10(12,13)14/h1-2,8-9H,3H2/t8-,9+/m1/s1. The minimum absolute atomic E-state index is 0.00375. The second-order valence-corrected chi connectivity index (χ2v) is 4.26. The van der Waals surface area contributed by atoms with E-state index in [1.807, 2.05) is 0 Å². The first kappa shape index (κ1) is 10.2. The molecule has 0 bridgehead atoms. The van der Waals surface area contributed by atoms with Gasteiger partial charge in [0.25, 0.3) is 0 Å². The number of epoxide rings is 1. The molecule has 0 unspecified atom stereocenters. The van der Waals surface area contributed by atoms with E-state index >= 15 is 0 Å². The first-order chi connectivity index (χ1) is 7.44. The average Bonchev–Trinajstić information content (AvgIpc) is 2.79. The van der Waals surface area contributed by atoms with E-state index in [9.17, 15) is 13.2 Å². The van der Waals surface area contributed by atoms with Crippen molar-refractivity contribution in [3.8, 4) is 5.75 Å². The van der Waals surface area contributed by atoms with Crippen molar-refractivity contribution in [1.29, 1.82) is 0 Å². The Bertz CT molecular complexity index is 458. The molecule has 3 rings (SSSR count). The average molecular weight is 251 g/mol. The Morgan fingerprint density at radius 3 is 2.81 bits per heavy atom. The normalized spacial score (nSPS) is 26.2. The van der Waals surface area contributed by atoms with E-state index in [0.29, 0.717) is 12.0 Å². The molecule has 0 N–H and O–H groups in total. The summed E-state index contributed by atoms with van der Waals surface area (Å²) in [7, 11) is 0. The summed E-state index contributed by atoms with van der Waals surface area (Å²) in [5.41, 5.74) is 1.28. The zero-order valence-electron chi connectivity index (χ0n) is 7.84. The predicted octanol–water partition coefficient (Wildman–Crippen LogP) is 3.23. The molecule has 2 nitrogen and oxygen atoms in total. The molecule has 1 fully saturated rings. The van der Waals surface area contributed by atoms with Crippen LogP contribution in [0.4, 0.5) is 13.2 Å². The number of alkyl halides is 3. The summed E-state index contributed by atoms with van der Waals surface area (Å²) in [4.78, 5) is 0. The van der Waals surface area contributed by atoms with Crippen molar-refractivity contribution in [1.82, 2.24) is 0 Å². The molecule has 86 valence electrons. The third-order valence-corrected chi connectivity index (χ3v) is 2.95. The maximum absolute atomic E-state index is 12.2. The number of hydrogen-bond acceptors (Lipinski definition) is 2. The van der Waals surface area contributed by atoms with Crippen LogP contribution in [0.2, 0.25) is 5.02 Å². The summed E-state index contributed by atoms with van der Waals surface area (Å²) in [6.07, 6.45) is -4.32. The van der Waals surface area contributed by atoms with Crippen LogP contribution in [0, 0.1) is 0 Å². The Morgan fingerprint density at radius 1 is 1.38 bits per heavy atom. The van der Waals surface area contributed by atoms with Gasteiger partial charge in [-0.2, -0.15) is 0 Å². The summed E-state index contributed by atoms with van der Waals surface area (Å²) < 4.78 is 45.6. The highest BCUT2D eigenvalue weighted by molar-refractivity contribution is 6.30. The van der Waals surface area contributed by atoms with Crippen molar-refractivity contribution in [3.05, 3.63) is 28.3 Å². The van der Waals surface area contributed by atoms with Crippen LogP contribution in [-0.2, 0) is 11.2 Å². The monoisotopic (exact) mass is 250 g/mol. The van der Waals surface area contributed by atoms with E-state index in [4.69, 9.17) is 16.3 Å². The Kier molecular flexibility index (Phi) is 1.95. The summed E-state index contributed by atoms with van der Waals surface area (Å²) in [6, 6.07) is 2.83. The van der Waals surface area contributed by atoms with Crippen molar-refractivity contribution in [2.75, 3.05) is 0 Å². The third kappa shape index (κ3) is 1.64. The molecule has 0 aromatic heterocycles. The molecule has 6 heteroatoms. The summed E-state index contributed by atoms with van der Waals surface area (Å²) in [5, 5.41) is 0.231. The van der Waals surface area contributed by atoms with E-state index in [1.165, 1.54) is 6.07 Å². The van der Waals surface area contributed by atoms with Crippen LogP contribution in [0.1, 0.15) is 17.2 Å². The molecule has 1 aromatic rings. The zero-order chi connectivity index (χ0) is 11.5. The highest BCUT2D eigenvalue weighted by Gasteiger charge is 2.49. The minimum atomic E-state index is -4.69. The fraction of sp³-hybridized carbons (Fsp3) is 0.400. The largest absolute Gasteiger partial charge is 0.573 e. The molecule has 0 spiro atoms. The number of benzene rings is 1. The van der Waals surface area contributed by atoms with Gasteiger partial charge in [0.1, 0.15) is 11.9 Å². The fourth-order valence-electron chi connectivity index (χ4n) is 2.09. The quantitative estimate of drug-likeness (QED) is 0.714. The van der Waals surface area contributed by atoms with Gasteiger partial charge in [0, 0.05) is 17.0 Å². The highest BCUT2D eigenvalue weighted by Crippen LogP contribution is 2.52. The molecule has 1 aliphatic carbocycles. The Hall–Kier alpha value is -0.940. The molecule has 2 aliphatic rings. The van der Waals surface area contributed by atoms with E-state index in [2.05, 4.69) is 4.74 Å². The van der Waals surface area contributed by atoms with Gasteiger partial charge in [-0.3, -0.25) is 0 Å². The van der Waals surface area contributed by atoms with Crippen molar-refractivity contribution >= 4 is 11.6 Å². The van der Waals surface area contributed by atoms with Gasteiger partial charge in [-0.05, 0) is 17.7 Å². The second-order valence-electron chi connectivity index (χ2n) is 3.82. The van der Waals surface area contributed by atoms with Gasteiger partial charge < -0.3 is 9.47 Å². The lowest BCUT2D eigenvalue weighted by Gasteiger charge is -2.14. The second kappa shape index (κ2) is 3.05. The van der Waals surface area contributed by atoms with Crippen molar-refractivity contribution < 1.29 is 22.6 Å². The topological polar surface area (TPSA) is 21.8 Å². The number of fused-ring (bicyclic) bond motifs is 3. The summed E-state index contributed by atoms with van der Waals surface area (Å²) in [5.74, 6) is -0.203. The Labute approximate surface area is 93.9 Å². The van der Waals surface area contributed by atoms with Crippen molar-refractivity contribution in [3.63, 3.8) is 0 Å². The molecule has 2 atom stereocenters. The minimum Gasteiger partial charge on any atom is -0.405 e. The van der Waals surface area contributed by atoms with Crippen LogP contribution in [0.3, 0.4) is 0 Å². The molecular weight excluding hydrogens is 245 g/mol. The van der Waals surface area contributed by atoms with E-state index in [1.54, 1.807) is 6.07 Å². The first-order valence-electron chi connectivity index (χ1n) is 4.67. The molecule has 16 heavy (non-hydrogen) atoms. The first-order valence-corrected chi connectivity index (χ1v) is 5.05. The zero-order valence-corrected chi connectivity index (χ0v) is 8.60. The van der Waals surface area contributed by atoms with Gasteiger partial charge in [-0.25, -0.2) is 0 Å². The van der Waals surface area contributed by atoms with Gasteiger partial charge in [-0.1, -0.05) is 11.6 Å². The maximum atomic E-state index is 12.2. The van der Waals surface area contributed by atoms with Gasteiger partial charge in [-0.15, -0.1) is 13.2 Å². The van der Waals surface area contributed by atoms with Crippen LogP contribution in [-0.4, -0.2) is 12.5 Å². The molecule has 1 saturated heterocycles. The molecule has 1 aliphatic heterocycles. The van der Waals surface area contributed by atoms with Crippen LogP contribution in [0.25, 0.3) is 0 Å². The van der Waals surface area contributed by atoms with Crippen LogP contribution in [0.5, 0.6) is 5.75 Å². The number of rotatable bonds is 1. The van der Waals surface area contributed by atoms with Crippen LogP contribution < -0.4 is 4.74 Å². The van der Waals surface area contributed by atoms with Gasteiger partial charge in [0.05, 0.1) is 6.10 Å². The van der Waals surface area contributed by atoms with E-state index in [0.717, 1.165) is 5.56 Å². The summed E-state index contributed by atoms with van der Waals surface area (Å²) in [6.45, 7) is 0. The van der Waals surface area contributed by atoms with Gasteiger partial charge in [0.15, 0.2) is 0 Å². The number of ether oxygens (including phenoxy) is 2. The molecule has 1 heterocycles. The summed E-state index contributed by atoms with van der Waals surface area (Å²) >= 11 is 5.74. The predicted molar refractivity (Wildman–Crippen MR) is 49.5 cm³/mol. The van der Waals surface area contributed by atoms with Gasteiger partial charge in [0.2, 0.25) is 0 Å². The lowest BCUT2D eigenvalue weighted by atomic mass is 10.1. The van der Waals surface area contributed by atoms with Crippen LogP contribution in [0.15, 0.2) is 12.1 Å².